The molecule has 0 unspecified atom stereocenters. The lowest BCUT2D eigenvalue weighted by atomic mass is 9.66. The molecule has 2 aromatic rings. The fourth-order valence-electron chi connectivity index (χ4n) is 3.79. The van der Waals surface area contributed by atoms with Crippen molar-refractivity contribution in [3.63, 3.8) is 0 Å². The number of hydrogen-bond donors (Lipinski definition) is 1. The summed E-state index contributed by atoms with van der Waals surface area (Å²) >= 11 is 0. The quantitative estimate of drug-likeness (QED) is 0.923. The molecule has 0 saturated heterocycles. The second-order valence-corrected chi connectivity index (χ2v) is 7.13. The van der Waals surface area contributed by atoms with Crippen LogP contribution < -0.4 is 0 Å². The molecule has 2 heteroatoms. The number of aliphatic hydroxyl groups excluding tert-OH is 1. The van der Waals surface area contributed by atoms with Crippen LogP contribution in [0.1, 0.15) is 37.7 Å². The Labute approximate surface area is 133 Å². The third-order valence-corrected chi connectivity index (χ3v) is 5.31. The lowest BCUT2D eigenvalue weighted by Crippen LogP contribution is -2.36. The van der Waals surface area contributed by atoms with Gasteiger partial charge < -0.3 is 10.0 Å². The Kier molecular flexibility index (Phi) is 4.51. The number of rotatable bonds is 4. The Morgan fingerprint density at radius 1 is 1.05 bits per heavy atom. The van der Waals surface area contributed by atoms with E-state index in [1.165, 1.54) is 22.8 Å². The van der Waals surface area contributed by atoms with E-state index in [-0.39, 0.29) is 11.5 Å². The largest absolute Gasteiger partial charge is 0.393 e. The third kappa shape index (κ3) is 3.18. The number of benzene rings is 2. The molecule has 2 nitrogen and oxygen atoms in total. The van der Waals surface area contributed by atoms with Crippen LogP contribution in [-0.2, 0) is 5.41 Å². The van der Waals surface area contributed by atoms with Gasteiger partial charge in [0.1, 0.15) is 0 Å². The van der Waals surface area contributed by atoms with E-state index in [4.69, 9.17) is 0 Å². The predicted molar refractivity (Wildman–Crippen MR) is 93.3 cm³/mol. The maximum absolute atomic E-state index is 9.93. The van der Waals surface area contributed by atoms with Gasteiger partial charge in [-0.15, -0.1) is 0 Å². The number of nitrogens with zero attached hydrogens (tertiary/aromatic N) is 1. The summed E-state index contributed by atoms with van der Waals surface area (Å²) in [6.45, 7) is 1.10. The van der Waals surface area contributed by atoms with Crippen LogP contribution in [0.15, 0.2) is 42.5 Å². The third-order valence-electron chi connectivity index (χ3n) is 5.31. The van der Waals surface area contributed by atoms with Gasteiger partial charge in [-0.1, -0.05) is 42.5 Å². The van der Waals surface area contributed by atoms with Crippen LogP contribution in [0, 0.1) is 0 Å². The lowest BCUT2D eigenvalue weighted by Gasteiger charge is -2.40. The van der Waals surface area contributed by atoms with Crippen LogP contribution in [0.2, 0.25) is 0 Å². The van der Waals surface area contributed by atoms with Gasteiger partial charge in [-0.2, -0.15) is 0 Å². The molecule has 0 bridgehead atoms. The first-order valence-electron chi connectivity index (χ1n) is 8.41. The molecule has 0 heterocycles. The summed E-state index contributed by atoms with van der Waals surface area (Å²) in [7, 11) is 4.29. The minimum atomic E-state index is -0.104. The summed E-state index contributed by atoms with van der Waals surface area (Å²) in [5.41, 5.74) is 1.69. The van der Waals surface area contributed by atoms with Crippen molar-refractivity contribution in [3.8, 4) is 0 Å². The Bertz CT molecular complexity index is 626. The molecule has 0 radical (unpaired) electrons. The molecule has 1 fully saturated rings. The van der Waals surface area contributed by atoms with Gasteiger partial charge in [0.15, 0.2) is 0 Å². The zero-order valence-corrected chi connectivity index (χ0v) is 13.8. The summed E-state index contributed by atoms with van der Waals surface area (Å²) in [6.07, 6.45) is 5.12. The molecule has 1 aliphatic carbocycles. The summed E-state index contributed by atoms with van der Waals surface area (Å²) in [5.74, 6) is 0. The van der Waals surface area contributed by atoms with E-state index in [0.717, 1.165) is 32.2 Å². The van der Waals surface area contributed by atoms with E-state index in [1.807, 2.05) is 0 Å². The molecular formula is C20H27NO. The topological polar surface area (TPSA) is 23.5 Å². The minimum Gasteiger partial charge on any atom is -0.393 e. The monoisotopic (exact) mass is 297 g/mol. The SMILES string of the molecule is CN(C)CCC1(c2ccc3ccccc3c2)CCC(O)CC1. The zero-order valence-electron chi connectivity index (χ0n) is 13.8. The highest BCUT2D eigenvalue weighted by molar-refractivity contribution is 5.83. The molecule has 118 valence electrons. The summed E-state index contributed by atoms with van der Waals surface area (Å²) < 4.78 is 0. The number of aliphatic hydroxyl groups is 1. The highest BCUT2D eigenvalue weighted by Crippen LogP contribution is 2.43. The standard InChI is InChI=1S/C20H27NO/c1-21(2)14-13-20(11-9-19(22)10-12-20)18-8-7-16-5-3-4-6-17(16)15-18/h3-8,15,19,22H,9-14H2,1-2H3. The van der Waals surface area contributed by atoms with E-state index in [0.29, 0.717) is 0 Å². The average Bonchev–Trinajstić information content (AvgIpc) is 2.54. The summed E-state index contributed by atoms with van der Waals surface area (Å²) in [4.78, 5) is 2.27. The average molecular weight is 297 g/mol. The molecular weight excluding hydrogens is 270 g/mol. The fourth-order valence-corrected chi connectivity index (χ4v) is 3.79. The first-order chi connectivity index (χ1) is 10.6. The summed E-state index contributed by atoms with van der Waals surface area (Å²) in [5, 5.41) is 12.6. The van der Waals surface area contributed by atoms with Crippen molar-refractivity contribution in [2.75, 3.05) is 20.6 Å². The van der Waals surface area contributed by atoms with E-state index < -0.39 is 0 Å². The van der Waals surface area contributed by atoms with E-state index in [1.54, 1.807) is 0 Å². The number of fused-ring (bicyclic) bond motifs is 1. The van der Waals surface area contributed by atoms with Crippen LogP contribution in [0.5, 0.6) is 0 Å². The molecule has 1 N–H and O–H groups in total. The molecule has 0 spiro atoms. The van der Waals surface area contributed by atoms with Crippen molar-refractivity contribution in [1.82, 2.24) is 4.90 Å². The molecule has 1 aliphatic rings. The molecule has 0 aliphatic heterocycles. The maximum Gasteiger partial charge on any atom is 0.0540 e. The van der Waals surface area contributed by atoms with Gasteiger partial charge >= 0.3 is 0 Å². The molecule has 22 heavy (non-hydrogen) atoms. The fraction of sp³-hybridized carbons (Fsp3) is 0.500. The van der Waals surface area contributed by atoms with E-state index in [2.05, 4.69) is 61.5 Å². The van der Waals surface area contributed by atoms with Crippen molar-refractivity contribution < 1.29 is 5.11 Å². The second kappa shape index (κ2) is 6.39. The predicted octanol–water partition coefficient (Wildman–Crippen LogP) is 3.96. The van der Waals surface area contributed by atoms with Gasteiger partial charge in [0, 0.05) is 0 Å². The highest BCUT2D eigenvalue weighted by atomic mass is 16.3. The molecule has 1 saturated carbocycles. The van der Waals surface area contributed by atoms with Crippen LogP contribution >= 0.6 is 0 Å². The Morgan fingerprint density at radius 3 is 2.41 bits per heavy atom. The Morgan fingerprint density at radius 2 is 1.73 bits per heavy atom. The van der Waals surface area contributed by atoms with Gasteiger partial charge in [-0.25, -0.2) is 0 Å². The molecule has 0 aromatic heterocycles. The van der Waals surface area contributed by atoms with Crippen molar-refractivity contribution >= 4 is 10.8 Å². The normalized spacial score (nSPS) is 25.7. The van der Waals surface area contributed by atoms with Crippen LogP contribution in [0.4, 0.5) is 0 Å². The first-order valence-corrected chi connectivity index (χ1v) is 8.41. The van der Waals surface area contributed by atoms with Gasteiger partial charge in [-0.3, -0.25) is 0 Å². The van der Waals surface area contributed by atoms with Crippen LogP contribution in [0.3, 0.4) is 0 Å². The van der Waals surface area contributed by atoms with Gasteiger partial charge in [-0.05, 0) is 74.5 Å². The van der Waals surface area contributed by atoms with Crippen LogP contribution in [0.25, 0.3) is 10.8 Å². The first kappa shape index (κ1) is 15.5. The van der Waals surface area contributed by atoms with Gasteiger partial charge in [0.05, 0.1) is 6.10 Å². The zero-order chi connectivity index (χ0) is 15.6. The van der Waals surface area contributed by atoms with E-state index in [9.17, 15) is 5.11 Å². The second-order valence-electron chi connectivity index (χ2n) is 7.13. The summed E-state index contributed by atoms with van der Waals surface area (Å²) in [6, 6.07) is 15.5. The maximum atomic E-state index is 9.93. The molecule has 0 atom stereocenters. The molecule has 0 amide bonds. The van der Waals surface area contributed by atoms with Crippen molar-refractivity contribution in [1.29, 1.82) is 0 Å². The Hall–Kier alpha value is -1.38. The highest BCUT2D eigenvalue weighted by Gasteiger charge is 2.36. The smallest absolute Gasteiger partial charge is 0.0540 e. The van der Waals surface area contributed by atoms with E-state index >= 15 is 0 Å². The van der Waals surface area contributed by atoms with Crippen molar-refractivity contribution in [2.45, 2.75) is 43.6 Å². The molecule has 3 rings (SSSR count). The van der Waals surface area contributed by atoms with Gasteiger partial charge in [0.25, 0.3) is 0 Å². The van der Waals surface area contributed by atoms with Crippen LogP contribution in [-0.4, -0.2) is 36.8 Å². The van der Waals surface area contributed by atoms with Crippen molar-refractivity contribution in [3.05, 3.63) is 48.0 Å². The number of hydrogen-bond acceptors (Lipinski definition) is 2. The molecule has 2 aromatic carbocycles. The Balaban J connectivity index is 1.95. The minimum absolute atomic E-state index is 0.104. The van der Waals surface area contributed by atoms with Gasteiger partial charge in [0.2, 0.25) is 0 Å². The van der Waals surface area contributed by atoms with Crippen molar-refractivity contribution in [2.24, 2.45) is 0 Å². The lowest BCUT2D eigenvalue weighted by molar-refractivity contribution is 0.0890.